The van der Waals surface area contributed by atoms with Gasteiger partial charge in [0, 0.05) is 102 Å². The molecule has 0 amide bonds. The van der Waals surface area contributed by atoms with Crippen LogP contribution >= 0.6 is 0 Å². The Morgan fingerprint density at radius 1 is 0.148 bits per heavy atom. The molecule has 0 aliphatic carbocycles. The van der Waals surface area contributed by atoms with Crippen LogP contribution in [0.1, 0.15) is 95.2 Å². The first kappa shape index (κ1) is 91.1. The maximum Gasteiger partial charge on any atom is 0.0540 e. The highest BCUT2D eigenvalue weighted by Gasteiger charge is 2.25. The summed E-state index contributed by atoms with van der Waals surface area (Å²) >= 11 is 0. The van der Waals surface area contributed by atoms with Crippen molar-refractivity contribution in [2.45, 2.75) is 78.6 Å². The summed E-state index contributed by atoms with van der Waals surface area (Å²) in [6.07, 6.45) is 3.37. The van der Waals surface area contributed by atoms with Gasteiger partial charge in [-0.3, -0.25) is 0 Å². The molecule has 23 aromatic carbocycles. The maximum absolute atomic E-state index is 2.39. The summed E-state index contributed by atoms with van der Waals surface area (Å²) in [6, 6.07) is 191. The lowest BCUT2D eigenvalue weighted by molar-refractivity contribution is 0.733. The van der Waals surface area contributed by atoms with Gasteiger partial charge in [0.05, 0.1) is 11.4 Å². The van der Waals surface area contributed by atoms with Crippen molar-refractivity contribution in [3.8, 4) is 11.1 Å². The molecular weight excluding hydrogens is 1720 g/mol. The van der Waals surface area contributed by atoms with E-state index in [1.165, 1.54) is 103 Å². The van der Waals surface area contributed by atoms with Crippen molar-refractivity contribution in [1.29, 1.82) is 0 Å². The number of nitrogens with zero attached hydrogens (tertiary/aromatic N) is 6. The molecule has 23 aromatic rings. The second-order valence-electron chi connectivity index (χ2n) is 37.2. The first-order chi connectivity index (χ1) is 70.0. The SMILES string of the molecule is CCC(C)c1ccc(N(c2ccc(N(c3ccc4ccccc4c3)c3ccc4ccccc4c3)cc2)c2ccc3ccccc3c2)cc1.CCC(C)c1ccc(N(c2ccc(N(c3ccc4ccccc4c3)c3ccc4ccccc4c3)cc2)c2cccc3ccccc23)cc1.CCC(C)c1ccc(N(c2ccc(N(c3ccccc3)c3ccccc3-c3ccccc3)cc2)c2ccc3ccccc3c2)cc1. The van der Waals surface area contributed by atoms with Gasteiger partial charge in [-0.15, -0.1) is 0 Å². The molecule has 0 aliphatic rings. The van der Waals surface area contributed by atoms with E-state index >= 15 is 0 Å². The summed E-state index contributed by atoms with van der Waals surface area (Å²) in [7, 11) is 0. The zero-order valence-corrected chi connectivity index (χ0v) is 81.3. The third kappa shape index (κ3) is 19.6. The van der Waals surface area contributed by atoms with Crippen LogP contribution in [0, 0.1) is 0 Å². The second-order valence-corrected chi connectivity index (χ2v) is 37.2. The molecule has 0 saturated heterocycles. The molecule has 0 saturated carbocycles. The van der Waals surface area contributed by atoms with Crippen LogP contribution in [0.4, 0.5) is 102 Å². The molecule has 0 fully saturated rings. The van der Waals surface area contributed by atoms with Crippen LogP contribution < -0.4 is 29.4 Å². The van der Waals surface area contributed by atoms with Gasteiger partial charge >= 0.3 is 0 Å². The van der Waals surface area contributed by atoms with Gasteiger partial charge in [-0.25, -0.2) is 0 Å². The van der Waals surface area contributed by atoms with E-state index in [0.717, 1.165) is 122 Å². The quantitative estimate of drug-likeness (QED) is 0.0564. The van der Waals surface area contributed by atoms with Crippen LogP contribution in [0.2, 0.25) is 0 Å². The fraction of sp³-hybridized carbons (Fsp3) is 0.0882. The molecule has 6 heteroatoms. The lowest BCUT2D eigenvalue weighted by Gasteiger charge is -2.30. The Labute approximate surface area is 835 Å². The molecule has 6 nitrogen and oxygen atoms in total. The number of anilines is 18. The number of rotatable bonds is 25. The Balaban J connectivity index is 0.000000126. The number of fused-ring (bicyclic) bond motifs is 7. The van der Waals surface area contributed by atoms with E-state index in [9.17, 15) is 0 Å². The Bertz CT molecular complexity index is 8120. The van der Waals surface area contributed by atoms with E-state index in [0.29, 0.717) is 17.8 Å². The van der Waals surface area contributed by atoms with Crippen LogP contribution in [0.5, 0.6) is 0 Å². The normalized spacial score (nSPS) is 11.9. The highest BCUT2D eigenvalue weighted by molar-refractivity contribution is 6.02. The molecule has 3 unspecified atom stereocenters. The first-order valence-corrected chi connectivity index (χ1v) is 50.0. The van der Waals surface area contributed by atoms with Gasteiger partial charge in [0.2, 0.25) is 0 Å². The van der Waals surface area contributed by atoms with Gasteiger partial charge in [0.15, 0.2) is 0 Å². The predicted octanol–water partition coefficient (Wildman–Crippen LogP) is 40.2. The zero-order valence-electron chi connectivity index (χ0n) is 81.3. The standard InChI is InChI=1S/2C46H38N2.C44H38N2/c1-3-33(2)34-16-21-41(22-17-34)47(44-23-18-35-10-4-7-13-38(35)30-44)42-26-28-43(29-27-42)48(45-24-19-36-11-5-8-14-39(36)31-45)46-25-20-37-12-6-9-15-40(37)32-46;1-3-33(2)34-19-23-41(24-20-34)48(46-18-10-16-37-13-8-9-17-45(37)46)42-29-27-40(28-30-42)47(43-25-21-35-11-4-6-14-38(35)31-43)44-26-22-36-12-5-7-15-39(36)32-44;1-3-33(2)34-22-25-39(26-23-34)45(42-27-24-35-14-10-11-17-37(35)32-42)40-28-30-41(31-29-40)46(38-18-8-5-9-19-38)44-21-13-12-20-43(44)36-15-6-4-7-16-36/h2*4-33H,3H2,1-2H3;4-33H,3H2,1-2H3. The van der Waals surface area contributed by atoms with Gasteiger partial charge in [-0.2, -0.15) is 0 Å². The van der Waals surface area contributed by atoms with E-state index in [4.69, 9.17) is 0 Å². The molecule has 0 aliphatic heterocycles. The van der Waals surface area contributed by atoms with Crippen LogP contribution in [0.15, 0.2) is 528 Å². The van der Waals surface area contributed by atoms with Crippen LogP contribution in [-0.2, 0) is 0 Å². The van der Waals surface area contributed by atoms with E-state index in [-0.39, 0.29) is 0 Å². The smallest absolute Gasteiger partial charge is 0.0540 e. The Kier molecular flexibility index (Phi) is 26.9. The highest BCUT2D eigenvalue weighted by atomic mass is 15.2. The zero-order chi connectivity index (χ0) is 96.2. The molecule has 23 rings (SSSR count). The largest absolute Gasteiger partial charge is 0.310 e. The topological polar surface area (TPSA) is 19.4 Å². The number of benzene rings is 23. The summed E-state index contributed by atoms with van der Waals surface area (Å²) in [5, 5.41) is 17.2. The molecule has 0 N–H and O–H groups in total. The molecule has 0 heterocycles. The average Bonchev–Trinajstić information content (AvgIpc) is 0.770. The first-order valence-electron chi connectivity index (χ1n) is 50.0. The molecule has 3 atom stereocenters. The van der Waals surface area contributed by atoms with Crippen LogP contribution in [-0.4, -0.2) is 0 Å². The molecule has 0 spiro atoms. The minimum atomic E-state index is 0.528. The van der Waals surface area contributed by atoms with Crippen molar-refractivity contribution in [2.24, 2.45) is 0 Å². The maximum atomic E-state index is 2.39. The summed E-state index contributed by atoms with van der Waals surface area (Å²) < 4.78 is 0. The third-order valence-electron chi connectivity index (χ3n) is 28.3. The molecule has 142 heavy (non-hydrogen) atoms. The van der Waals surface area contributed by atoms with Crippen molar-refractivity contribution in [1.82, 2.24) is 0 Å². The summed E-state index contributed by atoms with van der Waals surface area (Å²) in [5.74, 6) is 1.59. The van der Waals surface area contributed by atoms with Crippen LogP contribution in [0.25, 0.3) is 86.5 Å². The number of hydrogen-bond donors (Lipinski definition) is 0. The lowest BCUT2D eigenvalue weighted by atomic mass is 9.98. The predicted molar refractivity (Wildman–Crippen MR) is 612 cm³/mol. The monoisotopic (exact) mass is 1830 g/mol. The van der Waals surface area contributed by atoms with Gasteiger partial charge in [-0.1, -0.05) is 363 Å². The van der Waals surface area contributed by atoms with Crippen molar-refractivity contribution >= 4 is 178 Å². The number of hydrogen-bond acceptors (Lipinski definition) is 6. The van der Waals surface area contributed by atoms with Gasteiger partial charge in [0.1, 0.15) is 0 Å². The van der Waals surface area contributed by atoms with E-state index < -0.39 is 0 Å². The molecule has 0 radical (unpaired) electrons. The van der Waals surface area contributed by atoms with E-state index in [1.54, 1.807) is 0 Å². The Hall–Kier alpha value is -17.3. The van der Waals surface area contributed by atoms with Crippen molar-refractivity contribution in [3.63, 3.8) is 0 Å². The molecule has 0 aromatic heterocycles. The van der Waals surface area contributed by atoms with Crippen molar-refractivity contribution in [3.05, 3.63) is 544 Å². The van der Waals surface area contributed by atoms with Gasteiger partial charge in [-0.05, 0) is 336 Å². The Morgan fingerprint density at radius 3 is 0.641 bits per heavy atom. The van der Waals surface area contributed by atoms with Gasteiger partial charge < -0.3 is 29.4 Å². The second kappa shape index (κ2) is 41.9. The minimum absolute atomic E-state index is 0.528. The highest BCUT2D eigenvalue weighted by Crippen LogP contribution is 2.49. The summed E-state index contributed by atoms with van der Waals surface area (Å²) in [4.78, 5) is 14.2. The molecular formula is C136H114N6. The Morgan fingerprint density at radius 2 is 0.345 bits per heavy atom. The average molecular weight is 1830 g/mol. The summed E-state index contributed by atoms with van der Waals surface area (Å²) in [5.41, 5.74) is 26.8. The van der Waals surface area contributed by atoms with E-state index in [1.807, 2.05) is 0 Å². The van der Waals surface area contributed by atoms with Crippen LogP contribution in [0.3, 0.4) is 0 Å². The fourth-order valence-electron chi connectivity index (χ4n) is 19.9. The number of para-hydroxylation sites is 2. The lowest BCUT2D eigenvalue weighted by Crippen LogP contribution is -2.13. The summed E-state index contributed by atoms with van der Waals surface area (Å²) in [6.45, 7) is 13.6. The molecule has 0 bridgehead atoms. The molecule has 688 valence electrons. The van der Waals surface area contributed by atoms with Gasteiger partial charge in [0.25, 0.3) is 0 Å². The fourth-order valence-corrected chi connectivity index (χ4v) is 19.9. The van der Waals surface area contributed by atoms with Crippen molar-refractivity contribution < 1.29 is 0 Å². The minimum Gasteiger partial charge on any atom is -0.310 e. The third-order valence-corrected chi connectivity index (χ3v) is 28.3. The van der Waals surface area contributed by atoms with Crippen molar-refractivity contribution in [2.75, 3.05) is 29.4 Å². The van der Waals surface area contributed by atoms with E-state index in [2.05, 4.69) is 599 Å².